The Hall–Kier alpha value is -1.84. The molecule has 6 heteroatoms. The van der Waals surface area contributed by atoms with E-state index >= 15 is 0 Å². The maximum absolute atomic E-state index is 13.8. The van der Waals surface area contributed by atoms with Gasteiger partial charge in [0.15, 0.2) is 0 Å². The minimum absolute atomic E-state index is 0.0185. The van der Waals surface area contributed by atoms with Gasteiger partial charge in [0.25, 0.3) is 0 Å². The van der Waals surface area contributed by atoms with Crippen LogP contribution in [0.15, 0.2) is 6.07 Å². The Morgan fingerprint density at radius 1 is 1.22 bits per heavy atom. The second-order valence-electron chi connectivity index (χ2n) is 10.3. The minimum atomic E-state index is -1.03. The van der Waals surface area contributed by atoms with Gasteiger partial charge in [-0.1, -0.05) is 25.7 Å². The van der Waals surface area contributed by atoms with Crippen LogP contribution in [-0.2, 0) is 4.79 Å². The summed E-state index contributed by atoms with van der Waals surface area (Å²) in [5, 5.41) is 19.8. The average molecular weight is 462 g/mol. The van der Waals surface area contributed by atoms with E-state index in [9.17, 15) is 19.8 Å². The standard InChI is InChI=1S/C26H39NO4S/c1-7-20(13-10-18(3)28)27(24(29)19-11-8-17(2)9-12-19)22-16-21(14-15-26(4,5)6)32-23(22)25(30)31/h16-20,28H,7-13H2,1-6H3,(H,30,31). The maximum atomic E-state index is 13.8. The number of nitrogens with zero attached hydrogens (tertiary/aromatic N) is 1. The summed E-state index contributed by atoms with van der Waals surface area (Å²) >= 11 is 1.14. The third-order valence-corrected chi connectivity index (χ3v) is 7.11. The highest BCUT2D eigenvalue weighted by molar-refractivity contribution is 7.15. The van der Waals surface area contributed by atoms with E-state index < -0.39 is 12.1 Å². The number of rotatable bonds is 8. The fourth-order valence-electron chi connectivity index (χ4n) is 4.17. The Bertz CT molecular complexity index is 847. The summed E-state index contributed by atoms with van der Waals surface area (Å²) in [4.78, 5) is 28.5. The first-order valence-corrected chi connectivity index (χ1v) is 12.7. The van der Waals surface area contributed by atoms with Crippen LogP contribution < -0.4 is 4.90 Å². The summed E-state index contributed by atoms with van der Waals surface area (Å²) in [5.74, 6) is 5.81. The monoisotopic (exact) mass is 461 g/mol. The molecule has 1 aromatic heterocycles. The predicted octanol–water partition coefficient (Wildman–Crippen LogP) is 5.94. The summed E-state index contributed by atoms with van der Waals surface area (Å²) in [7, 11) is 0. The molecule has 178 valence electrons. The van der Waals surface area contributed by atoms with Crippen molar-refractivity contribution in [2.24, 2.45) is 17.3 Å². The number of carbonyl (C=O) groups is 2. The van der Waals surface area contributed by atoms with E-state index in [1.807, 2.05) is 27.7 Å². The number of carboxylic acids is 1. The first kappa shape index (κ1) is 26.4. The summed E-state index contributed by atoms with van der Waals surface area (Å²) in [6, 6.07) is 1.62. The molecule has 5 nitrogen and oxygen atoms in total. The third-order valence-electron chi connectivity index (χ3n) is 6.08. The fourth-order valence-corrected chi connectivity index (χ4v) is 5.01. The second kappa shape index (κ2) is 11.3. The molecule has 0 aliphatic heterocycles. The zero-order valence-electron chi connectivity index (χ0n) is 20.4. The second-order valence-corrected chi connectivity index (χ2v) is 11.3. The zero-order valence-corrected chi connectivity index (χ0v) is 21.2. The number of carboxylic acid groups (broad SMARTS) is 1. The van der Waals surface area contributed by atoms with Crippen molar-refractivity contribution in [3.63, 3.8) is 0 Å². The third kappa shape index (κ3) is 7.35. The van der Waals surface area contributed by atoms with Gasteiger partial charge in [0.1, 0.15) is 4.88 Å². The number of hydrogen-bond donors (Lipinski definition) is 2. The highest BCUT2D eigenvalue weighted by Gasteiger charge is 2.35. The van der Waals surface area contributed by atoms with Crippen molar-refractivity contribution in [2.45, 2.75) is 98.6 Å². The minimum Gasteiger partial charge on any atom is -0.477 e. The Balaban J connectivity index is 2.51. The molecule has 2 unspecified atom stereocenters. The van der Waals surface area contributed by atoms with Crippen LogP contribution in [0.4, 0.5) is 5.69 Å². The first-order valence-electron chi connectivity index (χ1n) is 11.8. The average Bonchev–Trinajstić information content (AvgIpc) is 3.13. The lowest BCUT2D eigenvalue weighted by Crippen LogP contribution is -2.45. The normalized spacial score (nSPS) is 20.7. The molecule has 2 N–H and O–H groups in total. The molecule has 1 saturated carbocycles. The van der Waals surface area contributed by atoms with Gasteiger partial charge in [0.2, 0.25) is 5.91 Å². The Morgan fingerprint density at radius 3 is 2.34 bits per heavy atom. The fraction of sp³-hybridized carbons (Fsp3) is 0.692. The quantitative estimate of drug-likeness (QED) is 0.470. The molecule has 2 rings (SSSR count). The molecule has 0 aromatic carbocycles. The van der Waals surface area contributed by atoms with Crippen LogP contribution >= 0.6 is 11.3 Å². The summed E-state index contributed by atoms with van der Waals surface area (Å²) in [6.45, 7) is 12.0. The summed E-state index contributed by atoms with van der Waals surface area (Å²) in [5.41, 5.74) is 0.257. The lowest BCUT2D eigenvalue weighted by molar-refractivity contribution is -0.124. The van der Waals surface area contributed by atoms with Crippen molar-refractivity contribution in [1.29, 1.82) is 0 Å². The molecule has 0 saturated heterocycles. The predicted molar refractivity (Wildman–Crippen MR) is 131 cm³/mol. The number of aliphatic hydroxyl groups excluding tert-OH is 1. The van der Waals surface area contributed by atoms with Gasteiger partial charge < -0.3 is 15.1 Å². The molecule has 0 bridgehead atoms. The van der Waals surface area contributed by atoms with Crippen molar-refractivity contribution in [1.82, 2.24) is 0 Å². The van der Waals surface area contributed by atoms with E-state index in [0.29, 0.717) is 35.7 Å². The number of aliphatic hydroxyl groups is 1. The lowest BCUT2D eigenvalue weighted by atomic mass is 9.82. The number of amides is 1. The van der Waals surface area contributed by atoms with Crippen molar-refractivity contribution in [2.75, 3.05) is 4.90 Å². The van der Waals surface area contributed by atoms with Crippen LogP contribution in [0.2, 0.25) is 0 Å². The molecule has 32 heavy (non-hydrogen) atoms. The van der Waals surface area contributed by atoms with Crippen LogP contribution in [0.3, 0.4) is 0 Å². The van der Waals surface area contributed by atoms with Crippen LogP contribution in [0.1, 0.15) is 101 Å². The number of anilines is 1. The molecule has 1 amide bonds. The lowest BCUT2D eigenvalue weighted by Gasteiger charge is -2.36. The molecule has 1 fully saturated rings. The molecule has 1 heterocycles. The van der Waals surface area contributed by atoms with Gasteiger partial charge in [-0.05, 0) is 84.6 Å². The Kier molecular flexibility index (Phi) is 9.36. The van der Waals surface area contributed by atoms with Gasteiger partial charge >= 0.3 is 5.97 Å². The van der Waals surface area contributed by atoms with Crippen molar-refractivity contribution in [3.05, 3.63) is 15.8 Å². The molecular weight excluding hydrogens is 422 g/mol. The number of carbonyl (C=O) groups excluding carboxylic acids is 1. The molecule has 1 aliphatic carbocycles. The zero-order chi connectivity index (χ0) is 24.1. The van der Waals surface area contributed by atoms with E-state index in [1.165, 1.54) is 0 Å². The van der Waals surface area contributed by atoms with Crippen LogP contribution in [0, 0.1) is 29.1 Å². The van der Waals surface area contributed by atoms with Gasteiger partial charge in [-0.25, -0.2) is 4.79 Å². The highest BCUT2D eigenvalue weighted by Crippen LogP contribution is 2.37. The van der Waals surface area contributed by atoms with E-state index in [1.54, 1.807) is 17.9 Å². The number of hydrogen-bond acceptors (Lipinski definition) is 4. The van der Waals surface area contributed by atoms with E-state index in [-0.39, 0.29) is 28.2 Å². The SMILES string of the molecule is CCC(CCC(C)O)N(C(=O)C1CCC(C)CC1)c1cc(C#CC(C)(C)C)sc1C(=O)O. The number of thiophene rings is 1. The summed E-state index contributed by atoms with van der Waals surface area (Å²) in [6.07, 6.45) is 5.14. The van der Waals surface area contributed by atoms with E-state index in [0.717, 1.165) is 37.0 Å². The molecule has 0 spiro atoms. The van der Waals surface area contributed by atoms with Crippen LogP contribution in [-0.4, -0.2) is 34.2 Å². The van der Waals surface area contributed by atoms with E-state index in [2.05, 4.69) is 18.8 Å². The maximum Gasteiger partial charge on any atom is 0.348 e. The topological polar surface area (TPSA) is 77.8 Å². The molecule has 1 aromatic rings. The van der Waals surface area contributed by atoms with Gasteiger partial charge in [-0.2, -0.15) is 0 Å². The molecule has 0 radical (unpaired) electrons. The smallest absolute Gasteiger partial charge is 0.348 e. The van der Waals surface area contributed by atoms with Crippen molar-refractivity contribution < 1.29 is 19.8 Å². The molecule has 1 aliphatic rings. The van der Waals surface area contributed by atoms with Gasteiger partial charge in [0, 0.05) is 17.4 Å². The number of aromatic carboxylic acids is 1. The Morgan fingerprint density at radius 2 is 1.84 bits per heavy atom. The first-order chi connectivity index (χ1) is 14.9. The van der Waals surface area contributed by atoms with Crippen LogP contribution in [0.5, 0.6) is 0 Å². The Labute approximate surface area is 197 Å². The summed E-state index contributed by atoms with van der Waals surface area (Å²) < 4.78 is 0. The van der Waals surface area contributed by atoms with Crippen LogP contribution in [0.25, 0.3) is 0 Å². The van der Waals surface area contributed by atoms with Gasteiger partial charge in [-0.15, -0.1) is 11.3 Å². The largest absolute Gasteiger partial charge is 0.477 e. The van der Waals surface area contributed by atoms with Crippen molar-refractivity contribution >= 4 is 28.9 Å². The molecule has 2 atom stereocenters. The molecular formula is C26H39NO4S. The van der Waals surface area contributed by atoms with Gasteiger partial charge in [0.05, 0.1) is 16.7 Å². The highest BCUT2D eigenvalue weighted by atomic mass is 32.1. The van der Waals surface area contributed by atoms with Crippen molar-refractivity contribution in [3.8, 4) is 11.8 Å². The van der Waals surface area contributed by atoms with E-state index in [4.69, 9.17) is 0 Å². The van der Waals surface area contributed by atoms with Gasteiger partial charge in [-0.3, -0.25) is 4.79 Å².